The normalized spacial score (nSPS) is 19.9. The number of ether oxygens (including phenoxy) is 1. The molecule has 2 atom stereocenters. The van der Waals surface area contributed by atoms with E-state index in [-0.39, 0.29) is 11.6 Å². The zero-order chi connectivity index (χ0) is 18.7. The molecule has 5 rings (SSSR count). The highest BCUT2D eigenvalue weighted by molar-refractivity contribution is 9.10. The van der Waals surface area contributed by atoms with Crippen molar-refractivity contribution in [2.45, 2.75) is 18.7 Å². The molecule has 0 aromatic heterocycles. The highest BCUT2D eigenvalue weighted by atomic mass is 79.9. The molecule has 0 bridgehead atoms. The first-order valence-electron chi connectivity index (χ1n) is 8.49. The van der Waals surface area contributed by atoms with Crippen LogP contribution in [0.25, 0.3) is 0 Å². The highest BCUT2D eigenvalue weighted by Crippen LogP contribution is 2.52. The smallest absolute Gasteiger partial charge is 0.202 e. The summed E-state index contributed by atoms with van der Waals surface area (Å²) in [5.74, 6) is -0.280. The van der Waals surface area contributed by atoms with Crippen LogP contribution in [0.1, 0.15) is 29.0 Å². The molecule has 0 aliphatic carbocycles. The summed E-state index contributed by atoms with van der Waals surface area (Å²) in [6.07, 6.45) is 0.0372. The number of fused-ring (bicyclic) bond motifs is 5. The largest absolute Gasteiger partial charge is 0.466 e. The fraction of sp³-hybridized carbons (Fsp3) is 0.143. The Kier molecular flexibility index (Phi) is 4.02. The molecule has 0 spiro atoms. The standard InChI is InChI=1S/C21H13Br2F2NO/c22-12-2-6-18-11(7-12)8-19-15-4-1-13(23)9-20(15)27-21(26(18)19)16-10-14(24)3-5-17(16)25/h1-7,9-10,19,21H,8H2. The van der Waals surface area contributed by atoms with Crippen LogP contribution in [-0.4, -0.2) is 0 Å². The molecular weight excluding hydrogens is 480 g/mol. The van der Waals surface area contributed by atoms with Gasteiger partial charge in [-0.2, -0.15) is 0 Å². The molecule has 0 fully saturated rings. The summed E-state index contributed by atoms with van der Waals surface area (Å²) in [5.41, 5.74) is 3.36. The van der Waals surface area contributed by atoms with Gasteiger partial charge in [0, 0.05) is 20.2 Å². The monoisotopic (exact) mass is 491 g/mol. The van der Waals surface area contributed by atoms with Gasteiger partial charge in [-0.1, -0.05) is 37.9 Å². The summed E-state index contributed by atoms with van der Waals surface area (Å²) in [6.45, 7) is 0. The Labute approximate surface area is 172 Å². The molecule has 2 nitrogen and oxygen atoms in total. The lowest BCUT2D eigenvalue weighted by Gasteiger charge is -2.41. The van der Waals surface area contributed by atoms with Gasteiger partial charge in [0.2, 0.25) is 6.23 Å². The molecule has 0 saturated heterocycles. The van der Waals surface area contributed by atoms with E-state index in [1.165, 1.54) is 6.07 Å². The second-order valence-electron chi connectivity index (χ2n) is 6.72. The minimum absolute atomic E-state index is 0.00110. The van der Waals surface area contributed by atoms with Crippen LogP contribution in [0.4, 0.5) is 14.5 Å². The molecule has 0 N–H and O–H groups in total. The van der Waals surface area contributed by atoms with Gasteiger partial charge >= 0.3 is 0 Å². The van der Waals surface area contributed by atoms with E-state index in [9.17, 15) is 8.78 Å². The molecule has 0 amide bonds. The van der Waals surface area contributed by atoms with Crippen LogP contribution < -0.4 is 9.64 Å². The van der Waals surface area contributed by atoms with E-state index >= 15 is 0 Å². The van der Waals surface area contributed by atoms with Gasteiger partial charge in [-0.3, -0.25) is 0 Å². The van der Waals surface area contributed by atoms with Crippen LogP contribution in [-0.2, 0) is 6.42 Å². The van der Waals surface area contributed by atoms with E-state index in [2.05, 4.69) is 42.8 Å². The number of anilines is 1. The molecular formula is C21H13Br2F2NO. The summed E-state index contributed by atoms with van der Waals surface area (Å²) in [4.78, 5) is 2.05. The molecule has 27 heavy (non-hydrogen) atoms. The third-order valence-electron chi connectivity index (χ3n) is 5.12. The Hall–Kier alpha value is -1.92. The average Bonchev–Trinajstić information content (AvgIpc) is 3.01. The van der Waals surface area contributed by atoms with Gasteiger partial charge < -0.3 is 9.64 Å². The van der Waals surface area contributed by atoms with Gasteiger partial charge in [0.1, 0.15) is 17.4 Å². The first-order chi connectivity index (χ1) is 13.0. The van der Waals surface area contributed by atoms with Crippen LogP contribution in [0.2, 0.25) is 0 Å². The predicted octanol–water partition coefficient (Wildman–Crippen LogP) is 6.68. The molecule has 2 unspecified atom stereocenters. The van der Waals surface area contributed by atoms with Gasteiger partial charge in [0.05, 0.1) is 11.6 Å². The third kappa shape index (κ3) is 2.77. The van der Waals surface area contributed by atoms with Crippen molar-refractivity contribution in [2.24, 2.45) is 0 Å². The molecule has 136 valence electrons. The van der Waals surface area contributed by atoms with Crippen LogP contribution in [0.5, 0.6) is 5.75 Å². The molecule has 2 aliphatic rings. The van der Waals surface area contributed by atoms with Gasteiger partial charge in [0.25, 0.3) is 0 Å². The lowest BCUT2D eigenvalue weighted by atomic mass is 9.99. The van der Waals surface area contributed by atoms with Crippen molar-refractivity contribution in [3.05, 3.63) is 91.9 Å². The Morgan fingerprint density at radius 3 is 2.52 bits per heavy atom. The van der Waals surface area contributed by atoms with Crippen LogP contribution in [0.3, 0.4) is 0 Å². The summed E-state index contributed by atoms with van der Waals surface area (Å²) in [5, 5.41) is 0. The lowest BCUT2D eigenvalue weighted by Crippen LogP contribution is -2.38. The Morgan fingerprint density at radius 1 is 0.889 bits per heavy atom. The van der Waals surface area contributed by atoms with Crippen molar-refractivity contribution in [3.8, 4) is 5.75 Å². The Balaban J connectivity index is 1.72. The summed E-state index contributed by atoms with van der Waals surface area (Å²) >= 11 is 6.99. The maximum Gasteiger partial charge on any atom is 0.202 e. The number of hydrogen-bond donors (Lipinski definition) is 0. The molecule has 3 aromatic carbocycles. The predicted molar refractivity (Wildman–Crippen MR) is 107 cm³/mol. The quantitative estimate of drug-likeness (QED) is 0.375. The van der Waals surface area contributed by atoms with E-state index in [0.717, 1.165) is 44.3 Å². The van der Waals surface area contributed by atoms with Crippen molar-refractivity contribution in [2.75, 3.05) is 4.90 Å². The number of halogens is 4. The molecule has 6 heteroatoms. The minimum Gasteiger partial charge on any atom is -0.466 e. The summed E-state index contributed by atoms with van der Waals surface area (Å²) < 4.78 is 36.6. The number of hydrogen-bond acceptors (Lipinski definition) is 2. The van der Waals surface area contributed by atoms with Crippen molar-refractivity contribution in [1.82, 2.24) is 0 Å². The molecule has 2 aliphatic heterocycles. The van der Waals surface area contributed by atoms with E-state index in [1.807, 2.05) is 30.3 Å². The maximum absolute atomic E-state index is 14.6. The molecule has 3 aromatic rings. The van der Waals surface area contributed by atoms with Crippen molar-refractivity contribution >= 4 is 37.5 Å². The zero-order valence-corrected chi connectivity index (χ0v) is 17.1. The fourth-order valence-electron chi connectivity index (χ4n) is 3.97. The Morgan fingerprint density at radius 2 is 1.67 bits per heavy atom. The summed E-state index contributed by atoms with van der Waals surface area (Å²) in [7, 11) is 0. The Bertz CT molecular complexity index is 1070. The second kappa shape index (κ2) is 6.31. The van der Waals surface area contributed by atoms with E-state index in [4.69, 9.17) is 4.74 Å². The van der Waals surface area contributed by atoms with Crippen molar-refractivity contribution in [3.63, 3.8) is 0 Å². The molecule has 0 radical (unpaired) electrons. The third-order valence-corrected chi connectivity index (χ3v) is 6.11. The summed E-state index contributed by atoms with van der Waals surface area (Å²) in [6, 6.07) is 15.4. The SMILES string of the molecule is Fc1ccc(F)c(C2Oc3cc(Br)ccc3C3Cc4cc(Br)ccc4N32)c1. The lowest BCUT2D eigenvalue weighted by molar-refractivity contribution is 0.162. The molecule has 2 heterocycles. The van der Waals surface area contributed by atoms with Crippen molar-refractivity contribution in [1.29, 1.82) is 0 Å². The van der Waals surface area contributed by atoms with Crippen LogP contribution in [0.15, 0.2) is 63.5 Å². The van der Waals surface area contributed by atoms with E-state index in [1.54, 1.807) is 0 Å². The zero-order valence-electron chi connectivity index (χ0n) is 13.9. The van der Waals surface area contributed by atoms with E-state index in [0.29, 0.717) is 5.75 Å². The highest BCUT2D eigenvalue weighted by Gasteiger charge is 2.43. The maximum atomic E-state index is 14.6. The van der Waals surface area contributed by atoms with Crippen LogP contribution >= 0.6 is 31.9 Å². The van der Waals surface area contributed by atoms with Gasteiger partial charge in [-0.25, -0.2) is 8.78 Å². The average molecular weight is 493 g/mol. The van der Waals surface area contributed by atoms with Gasteiger partial charge in [0.15, 0.2) is 0 Å². The topological polar surface area (TPSA) is 12.5 Å². The number of rotatable bonds is 1. The fourth-order valence-corrected chi connectivity index (χ4v) is 4.72. The van der Waals surface area contributed by atoms with Crippen molar-refractivity contribution < 1.29 is 13.5 Å². The van der Waals surface area contributed by atoms with Gasteiger partial charge in [-0.15, -0.1) is 0 Å². The minimum atomic E-state index is -0.741. The second-order valence-corrected chi connectivity index (χ2v) is 8.55. The number of nitrogens with zero attached hydrogens (tertiary/aromatic N) is 1. The molecule has 0 saturated carbocycles. The number of benzene rings is 3. The van der Waals surface area contributed by atoms with E-state index < -0.39 is 17.9 Å². The van der Waals surface area contributed by atoms with Crippen LogP contribution in [0, 0.1) is 11.6 Å². The first kappa shape index (κ1) is 17.2. The van der Waals surface area contributed by atoms with Gasteiger partial charge in [-0.05, 0) is 60.5 Å². The first-order valence-corrected chi connectivity index (χ1v) is 10.1.